The number of rotatable bonds is 8. The third-order valence-electron chi connectivity index (χ3n) is 3.39. The van der Waals surface area contributed by atoms with Gasteiger partial charge in [0, 0.05) is 25.5 Å². The number of carbonyl (C=O) groups is 2. The summed E-state index contributed by atoms with van der Waals surface area (Å²) in [5, 5.41) is 5.41. The molecule has 118 valence electrons. The van der Waals surface area contributed by atoms with Crippen LogP contribution in [0.5, 0.6) is 0 Å². The van der Waals surface area contributed by atoms with E-state index in [2.05, 4.69) is 15.6 Å². The van der Waals surface area contributed by atoms with Gasteiger partial charge in [-0.25, -0.2) is 14.6 Å². The number of nitrogens with zero attached hydrogens (tertiary/aromatic N) is 2. The first kappa shape index (κ1) is 17.0. The summed E-state index contributed by atoms with van der Waals surface area (Å²) in [7, 11) is 1.32. The smallest absolute Gasteiger partial charge is 0.328 e. The van der Waals surface area contributed by atoms with E-state index in [1.54, 1.807) is 12.5 Å². The molecule has 7 heteroatoms. The van der Waals surface area contributed by atoms with Gasteiger partial charge >= 0.3 is 12.0 Å². The van der Waals surface area contributed by atoms with E-state index in [-0.39, 0.29) is 11.9 Å². The molecule has 2 amide bonds. The van der Waals surface area contributed by atoms with Gasteiger partial charge in [-0.3, -0.25) is 0 Å². The third-order valence-corrected chi connectivity index (χ3v) is 3.39. The Morgan fingerprint density at radius 3 is 2.76 bits per heavy atom. The first-order valence-corrected chi connectivity index (χ1v) is 7.16. The molecule has 2 N–H and O–H groups in total. The molecule has 0 spiro atoms. The van der Waals surface area contributed by atoms with Gasteiger partial charge in [-0.15, -0.1) is 0 Å². The number of amides is 2. The molecular formula is C14H24N4O3. The SMILES string of the molecule is CC[C@@H](C)[C@H](NC(=O)NCCCn1ccnc1)C(=O)OC. The van der Waals surface area contributed by atoms with Gasteiger partial charge in [-0.2, -0.15) is 0 Å². The summed E-state index contributed by atoms with van der Waals surface area (Å²) in [6.45, 7) is 5.18. The zero-order valence-electron chi connectivity index (χ0n) is 12.8. The number of carbonyl (C=O) groups excluding carboxylic acids is 2. The van der Waals surface area contributed by atoms with Crippen molar-refractivity contribution in [3.05, 3.63) is 18.7 Å². The molecule has 21 heavy (non-hydrogen) atoms. The number of hydrogen-bond acceptors (Lipinski definition) is 4. The summed E-state index contributed by atoms with van der Waals surface area (Å²) < 4.78 is 6.66. The lowest BCUT2D eigenvalue weighted by atomic mass is 9.99. The van der Waals surface area contributed by atoms with Gasteiger partial charge in [0.05, 0.1) is 13.4 Å². The zero-order chi connectivity index (χ0) is 15.7. The minimum absolute atomic E-state index is 0.0224. The number of ether oxygens (including phenoxy) is 1. The number of nitrogens with one attached hydrogen (secondary N) is 2. The van der Waals surface area contributed by atoms with Crippen LogP contribution in [-0.4, -0.2) is 41.2 Å². The molecule has 0 saturated carbocycles. The van der Waals surface area contributed by atoms with Crippen LogP contribution in [0.4, 0.5) is 4.79 Å². The van der Waals surface area contributed by atoms with Crippen LogP contribution in [0.25, 0.3) is 0 Å². The fraction of sp³-hybridized carbons (Fsp3) is 0.643. The van der Waals surface area contributed by atoms with Gasteiger partial charge < -0.3 is 19.9 Å². The van der Waals surface area contributed by atoms with Crippen molar-refractivity contribution in [2.24, 2.45) is 5.92 Å². The maximum atomic E-state index is 11.8. The molecule has 7 nitrogen and oxygen atoms in total. The molecule has 0 unspecified atom stereocenters. The molecule has 0 fully saturated rings. The Morgan fingerprint density at radius 1 is 1.43 bits per heavy atom. The van der Waals surface area contributed by atoms with Gasteiger partial charge in [-0.05, 0) is 12.3 Å². The number of methoxy groups -OCH3 is 1. The normalized spacial score (nSPS) is 13.3. The second-order valence-electron chi connectivity index (χ2n) is 4.94. The molecular weight excluding hydrogens is 272 g/mol. The van der Waals surface area contributed by atoms with Gasteiger partial charge in [0.15, 0.2) is 0 Å². The van der Waals surface area contributed by atoms with Crippen molar-refractivity contribution in [3.8, 4) is 0 Å². The van der Waals surface area contributed by atoms with E-state index in [4.69, 9.17) is 4.74 Å². The first-order chi connectivity index (χ1) is 10.1. The number of hydrogen-bond donors (Lipinski definition) is 2. The molecule has 0 radical (unpaired) electrons. The van der Waals surface area contributed by atoms with E-state index >= 15 is 0 Å². The topological polar surface area (TPSA) is 85.3 Å². The zero-order valence-corrected chi connectivity index (χ0v) is 12.8. The summed E-state index contributed by atoms with van der Waals surface area (Å²) in [4.78, 5) is 27.4. The van der Waals surface area contributed by atoms with Crippen molar-refractivity contribution in [2.75, 3.05) is 13.7 Å². The van der Waals surface area contributed by atoms with Gasteiger partial charge in [0.1, 0.15) is 6.04 Å². The maximum absolute atomic E-state index is 11.8. The highest BCUT2D eigenvalue weighted by molar-refractivity contribution is 5.83. The predicted octanol–water partition coefficient (Wildman–Crippen LogP) is 1.16. The van der Waals surface area contributed by atoms with E-state index in [0.717, 1.165) is 19.4 Å². The molecule has 0 aliphatic carbocycles. The summed E-state index contributed by atoms with van der Waals surface area (Å²) in [5.41, 5.74) is 0. The average Bonchev–Trinajstić information content (AvgIpc) is 3.01. The van der Waals surface area contributed by atoms with E-state index in [1.165, 1.54) is 7.11 Å². The Balaban J connectivity index is 2.31. The van der Waals surface area contributed by atoms with Crippen LogP contribution in [0.15, 0.2) is 18.7 Å². The van der Waals surface area contributed by atoms with Crippen LogP contribution < -0.4 is 10.6 Å². The highest BCUT2D eigenvalue weighted by atomic mass is 16.5. The van der Waals surface area contributed by atoms with Crippen molar-refractivity contribution in [1.29, 1.82) is 0 Å². The Hall–Kier alpha value is -2.05. The van der Waals surface area contributed by atoms with E-state index in [1.807, 2.05) is 24.6 Å². The highest BCUT2D eigenvalue weighted by Gasteiger charge is 2.26. The van der Waals surface area contributed by atoms with Crippen molar-refractivity contribution < 1.29 is 14.3 Å². The summed E-state index contributed by atoms with van der Waals surface area (Å²) in [6.07, 6.45) is 6.89. The molecule has 1 rings (SSSR count). The summed E-state index contributed by atoms with van der Waals surface area (Å²) >= 11 is 0. The monoisotopic (exact) mass is 296 g/mol. The quantitative estimate of drug-likeness (QED) is 0.557. The Kier molecular flexibility index (Phi) is 7.28. The van der Waals surface area contributed by atoms with Crippen LogP contribution in [0, 0.1) is 5.92 Å². The van der Waals surface area contributed by atoms with Crippen LogP contribution in [0.1, 0.15) is 26.7 Å². The lowest BCUT2D eigenvalue weighted by Crippen LogP contribution is -2.49. The fourth-order valence-corrected chi connectivity index (χ4v) is 1.87. The lowest BCUT2D eigenvalue weighted by molar-refractivity contribution is -0.144. The number of urea groups is 1. The molecule has 2 atom stereocenters. The van der Waals surface area contributed by atoms with E-state index in [0.29, 0.717) is 6.54 Å². The first-order valence-electron chi connectivity index (χ1n) is 7.16. The minimum Gasteiger partial charge on any atom is -0.467 e. The Bertz CT molecular complexity index is 433. The van der Waals surface area contributed by atoms with Crippen LogP contribution in [0.3, 0.4) is 0 Å². The standard InChI is InChI=1S/C14H24N4O3/c1-4-11(2)12(13(19)21-3)17-14(20)16-6-5-8-18-9-7-15-10-18/h7,9-12H,4-6,8H2,1-3H3,(H2,16,17,20)/t11-,12+/m1/s1. The van der Waals surface area contributed by atoms with Crippen molar-refractivity contribution in [2.45, 2.75) is 39.3 Å². The molecule has 0 aliphatic heterocycles. The Labute approximate surface area is 125 Å². The molecule has 0 bridgehead atoms. The Morgan fingerprint density at radius 2 is 2.19 bits per heavy atom. The number of aryl methyl sites for hydroxylation is 1. The van der Waals surface area contributed by atoms with Gasteiger partial charge in [0.25, 0.3) is 0 Å². The molecule has 1 heterocycles. The fourth-order valence-electron chi connectivity index (χ4n) is 1.87. The van der Waals surface area contributed by atoms with Crippen LogP contribution in [-0.2, 0) is 16.1 Å². The van der Waals surface area contributed by atoms with Crippen molar-refractivity contribution >= 4 is 12.0 Å². The molecule has 0 saturated heterocycles. The molecule has 0 aromatic carbocycles. The number of aromatic nitrogens is 2. The largest absolute Gasteiger partial charge is 0.467 e. The average molecular weight is 296 g/mol. The number of imidazole rings is 1. The highest BCUT2D eigenvalue weighted by Crippen LogP contribution is 2.08. The predicted molar refractivity (Wildman–Crippen MR) is 78.6 cm³/mol. The molecule has 1 aromatic heterocycles. The lowest BCUT2D eigenvalue weighted by Gasteiger charge is -2.22. The number of esters is 1. The van der Waals surface area contributed by atoms with Crippen molar-refractivity contribution in [1.82, 2.24) is 20.2 Å². The van der Waals surface area contributed by atoms with E-state index in [9.17, 15) is 9.59 Å². The van der Waals surface area contributed by atoms with Crippen molar-refractivity contribution in [3.63, 3.8) is 0 Å². The van der Waals surface area contributed by atoms with Crippen LogP contribution >= 0.6 is 0 Å². The van der Waals surface area contributed by atoms with Gasteiger partial charge in [-0.1, -0.05) is 20.3 Å². The maximum Gasteiger partial charge on any atom is 0.328 e. The minimum atomic E-state index is -0.617. The third kappa shape index (κ3) is 5.85. The second kappa shape index (κ2) is 8.99. The van der Waals surface area contributed by atoms with Crippen LogP contribution in [0.2, 0.25) is 0 Å². The van der Waals surface area contributed by atoms with Gasteiger partial charge in [0.2, 0.25) is 0 Å². The van der Waals surface area contributed by atoms with E-state index < -0.39 is 12.0 Å². The summed E-state index contributed by atoms with van der Waals surface area (Å²) in [5.74, 6) is -0.396. The molecule has 0 aliphatic rings. The molecule has 1 aromatic rings. The second-order valence-corrected chi connectivity index (χ2v) is 4.94. The summed E-state index contributed by atoms with van der Waals surface area (Å²) in [6, 6.07) is -0.968.